The van der Waals surface area contributed by atoms with Crippen LogP contribution in [0.1, 0.15) is 84.3 Å². The molecule has 0 spiro atoms. The molecule has 2 saturated heterocycles. The Labute approximate surface area is 260 Å². The number of carbonyl (C=O) groups is 1. The lowest BCUT2D eigenvalue weighted by molar-refractivity contribution is -0.133. The molecule has 6 rings (SSSR count). The summed E-state index contributed by atoms with van der Waals surface area (Å²) in [5.41, 5.74) is 2.03. The fourth-order valence-corrected chi connectivity index (χ4v) is 9.76. The molecule has 2 saturated carbocycles. The van der Waals surface area contributed by atoms with Crippen molar-refractivity contribution in [2.45, 2.75) is 89.8 Å². The molecule has 10 heteroatoms. The first kappa shape index (κ1) is 30.5. The van der Waals surface area contributed by atoms with Crippen molar-refractivity contribution >= 4 is 37.8 Å². The van der Waals surface area contributed by atoms with Gasteiger partial charge in [-0.2, -0.15) is 5.26 Å². The van der Waals surface area contributed by atoms with E-state index in [4.69, 9.17) is 9.72 Å². The summed E-state index contributed by atoms with van der Waals surface area (Å²) in [4.78, 5) is 24.7. The van der Waals surface area contributed by atoms with E-state index >= 15 is 0 Å². The number of ketones is 1. The summed E-state index contributed by atoms with van der Waals surface area (Å²) < 4.78 is 30.3. The third-order valence-corrected chi connectivity index (χ3v) is 12.4. The number of aromatic nitrogens is 1. The van der Waals surface area contributed by atoms with Gasteiger partial charge in [-0.15, -0.1) is 0 Å². The number of Topliss-reactive ketones (excluding diaryl/α,β-unsaturated/α-hetero) is 1. The van der Waals surface area contributed by atoms with Crippen LogP contribution in [0.3, 0.4) is 0 Å². The fourth-order valence-electron chi connectivity index (χ4n) is 7.42. The molecule has 3 heterocycles. The van der Waals surface area contributed by atoms with Crippen molar-refractivity contribution in [3.8, 4) is 16.5 Å². The SMILES string of the molecule is CC1(C)CN(c2nc([C@@H]3CCCC[C@H]3C(=O)CC3(C#N)CC3)c(-c3ccc(N4CCS(=O)(=O)CC4)cc3)s2)CC(C)(C)O1. The molecule has 232 valence electrons. The van der Waals surface area contributed by atoms with Crippen LogP contribution < -0.4 is 9.80 Å². The lowest BCUT2D eigenvalue weighted by Gasteiger charge is -2.47. The summed E-state index contributed by atoms with van der Waals surface area (Å²) in [6.45, 7) is 11.0. The van der Waals surface area contributed by atoms with Crippen LogP contribution >= 0.6 is 11.3 Å². The van der Waals surface area contributed by atoms with E-state index in [9.17, 15) is 18.5 Å². The Kier molecular flexibility index (Phi) is 7.92. The summed E-state index contributed by atoms with van der Waals surface area (Å²) >= 11 is 1.70. The molecular weight excluding hydrogens is 581 g/mol. The topological polar surface area (TPSA) is 104 Å². The molecule has 2 aromatic rings. The number of rotatable bonds is 7. The van der Waals surface area contributed by atoms with Gasteiger partial charge in [0.1, 0.15) is 5.78 Å². The van der Waals surface area contributed by atoms with E-state index in [2.05, 4.69) is 67.8 Å². The normalized spacial score (nSPS) is 27.3. The number of carbonyl (C=O) groups excluding carboxylic acids is 1. The zero-order chi connectivity index (χ0) is 30.6. The quantitative estimate of drug-likeness (QED) is 0.371. The number of thiazole rings is 1. The van der Waals surface area contributed by atoms with Crippen molar-refractivity contribution < 1.29 is 17.9 Å². The van der Waals surface area contributed by atoms with E-state index in [1.807, 2.05) is 0 Å². The highest BCUT2D eigenvalue weighted by Crippen LogP contribution is 2.52. The van der Waals surface area contributed by atoms with E-state index < -0.39 is 15.3 Å². The van der Waals surface area contributed by atoms with Gasteiger partial charge in [-0.1, -0.05) is 36.3 Å². The van der Waals surface area contributed by atoms with Crippen LogP contribution in [0.25, 0.3) is 10.4 Å². The molecule has 1 aromatic heterocycles. The highest BCUT2D eigenvalue weighted by atomic mass is 32.2. The van der Waals surface area contributed by atoms with Gasteiger partial charge < -0.3 is 14.5 Å². The largest absolute Gasteiger partial charge is 0.369 e. The lowest BCUT2D eigenvalue weighted by atomic mass is 9.73. The first-order valence-corrected chi connectivity index (χ1v) is 18.4. The number of hydrogen-bond acceptors (Lipinski definition) is 9. The summed E-state index contributed by atoms with van der Waals surface area (Å²) in [7, 11) is -2.95. The Bertz CT molecular complexity index is 1490. The van der Waals surface area contributed by atoms with Crippen molar-refractivity contribution in [2.24, 2.45) is 11.3 Å². The second-order valence-electron chi connectivity index (χ2n) is 14.4. The van der Waals surface area contributed by atoms with Crippen molar-refractivity contribution in [2.75, 3.05) is 47.5 Å². The van der Waals surface area contributed by atoms with E-state index in [1.54, 1.807) is 11.3 Å². The summed E-state index contributed by atoms with van der Waals surface area (Å²) in [6.07, 6.45) is 5.90. The second-order valence-corrected chi connectivity index (χ2v) is 17.7. The predicted molar refractivity (Wildman–Crippen MR) is 171 cm³/mol. The molecule has 4 aliphatic rings. The molecule has 0 unspecified atom stereocenters. The summed E-state index contributed by atoms with van der Waals surface area (Å²) in [5, 5.41) is 10.7. The minimum absolute atomic E-state index is 0.0322. The van der Waals surface area contributed by atoms with E-state index in [-0.39, 0.29) is 40.3 Å². The fraction of sp³-hybridized carbons (Fsp3) is 0.667. The van der Waals surface area contributed by atoms with Crippen molar-refractivity contribution in [3.63, 3.8) is 0 Å². The average Bonchev–Trinajstić information content (AvgIpc) is 3.57. The number of anilines is 2. The second kappa shape index (κ2) is 11.1. The standard InChI is InChI=1S/C33H44N4O4S2/c1-31(2)21-37(22-32(3,4)41-31)30-35-28(26-8-6-5-7-25(26)27(38)19-33(20-34)13-14-33)29(42-30)23-9-11-24(12-10-23)36-15-17-43(39,40)18-16-36/h9-12,25-26H,5-8,13-19,21-22H2,1-4H3/t25-,26-/m1/s1. The number of sulfone groups is 1. The van der Waals surface area contributed by atoms with Gasteiger partial charge >= 0.3 is 0 Å². The number of nitrogens with zero attached hydrogens (tertiary/aromatic N) is 4. The first-order valence-electron chi connectivity index (χ1n) is 15.7. The number of ether oxygens (including phenoxy) is 1. The van der Waals surface area contributed by atoms with Crippen molar-refractivity contribution in [3.05, 3.63) is 30.0 Å². The minimum atomic E-state index is -2.95. The maximum atomic E-state index is 13.7. The van der Waals surface area contributed by atoms with Gasteiger partial charge in [0.2, 0.25) is 0 Å². The van der Waals surface area contributed by atoms with Crippen LogP contribution in [0.5, 0.6) is 0 Å². The van der Waals surface area contributed by atoms with E-state index in [0.29, 0.717) is 19.5 Å². The van der Waals surface area contributed by atoms with Gasteiger partial charge in [0.25, 0.3) is 0 Å². The molecule has 2 aliphatic carbocycles. The van der Waals surface area contributed by atoms with Crippen LogP contribution in [0.4, 0.5) is 10.8 Å². The molecule has 1 aromatic carbocycles. The van der Waals surface area contributed by atoms with Gasteiger partial charge in [0.15, 0.2) is 15.0 Å². The maximum Gasteiger partial charge on any atom is 0.186 e. The molecule has 8 nitrogen and oxygen atoms in total. The van der Waals surface area contributed by atoms with E-state index in [1.165, 1.54) is 0 Å². The van der Waals surface area contributed by atoms with Crippen molar-refractivity contribution in [1.82, 2.24) is 4.98 Å². The molecule has 4 fully saturated rings. The maximum absolute atomic E-state index is 13.7. The predicted octanol–water partition coefficient (Wildman–Crippen LogP) is 5.98. The smallest absolute Gasteiger partial charge is 0.186 e. The van der Waals surface area contributed by atoms with E-state index in [0.717, 1.165) is 78.6 Å². The van der Waals surface area contributed by atoms with Gasteiger partial charge in [0.05, 0.1) is 44.8 Å². The number of morpholine rings is 1. The molecule has 0 bridgehead atoms. The zero-order valence-corrected chi connectivity index (χ0v) is 27.5. The number of nitriles is 1. The van der Waals surface area contributed by atoms with Gasteiger partial charge in [-0.3, -0.25) is 4.79 Å². The van der Waals surface area contributed by atoms with Crippen molar-refractivity contribution in [1.29, 1.82) is 5.26 Å². The highest BCUT2D eigenvalue weighted by molar-refractivity contribution is 7.91. The lowest BCUT2D eigenvalue weighted by Crippen LogP contribution is -2.57. The summed E-state index contributed by atoms with van der Waals surface area (Å²) in [5.74, 6) is 0.527. The Hall–Kier alpha value is -2.48. The highest BCUT2D eigenvalue weighted by Gasteiger charge is 2.47. The van der Waals surface area contributed by atoms with Crippen LogP contribution in [-0.2, 0) is 19.4 Å². The van der Waals surface area contributed by atoms with Crippen LogP contribution in [-0.4, -0.2) is 68.1 Å². The molecule has 2 atom stereocenters. The average molecular weight is 625 g/mol. The molecular formula is C33H44N4O4S2. The number of hydrogen-bond donors (Lipinski definition) is 0. The third kappa shape index (κ3) is 6.64. The molecule has 2 aliphatic heterocycles. The van der Waals surface area contributed by atoms with Crippen LogP contribution in [0.15, 0.2) is 24.3 Å². The summed E-state index contributed by atoms with van der Waals surface area (Å²) in [6, 6.07) is 10.9. The third-order valence-electron chi connectivity index (χ3n) is 9.58. The Balaban J connectivity index is 1.35. The first-order chi connectivity index (χ1) is 20.3. The Morgan fingerprint density at radius 1 is 1.02 bits per heavy atom. The van der Waals surface area contributed by atoms with Gasteiger partial charge in [0, 0.05) is 50.1 Å². The Morgan fingerprint density at radius 2 is 1.65 bits per heavy atom. The molecule has 43 heavy (non-hydrogen) atoms. The Morgan fingerprint density at radius 3 is 2.26 bits per heavy atom. The molecule has 0 radical (unpaired) electrons. The molecule has 0 N–H and O–H groups in total. The minimum Gasteiger partial charge on any atom is -0.369 e. The van der Waals surface area contributed by atoms with Crippen LogP contribution in [0, 0.1) is 22.7 Å². The zero-order valence-electron chi connectivity index (χ0n) is 25.9. The van der Waals surface area contributed by atoms with Crippen LogP contribution in [0.2, 0.25) is 0 Å². The number of benzene rings is 1. The monoisotopic (exact) mass is 624 g/mol. The molecule has 0 amide bonds. The van der Waals surface area contributed by atoms with Gasteiger partial charge in [-0.05, 0) is 71.1 Å². The van der Waals surface area contributed by atoms with Gasteiger partial charge in [-0.25, -0.2) is 13.4 Å².